The molecular formula is C10H18N2O. The quantitative estimate of drug-likeness (QED) is 0.641. The summed E-state index contributed by atoms with van der Waals surface area (Å²) in [5, 5.41) is 0. The molecule has 3 heteroatoms. The van der Waals surface area contributed by atoms with E-state index in [2.05, 4.69) is 13.5 Å². The zero-order valence-corrected chi connectivity index (χ0v) is 8.20. The van der Waals surface area contributed by atoms with Gasteiger partial charge in [0.05, 0.1) is 0 Å². The summed E-state index contributed by atoms with van der Waals surface area (Å²) in [6, 6.07) is 0.141. The fraction of sp³-hybridized carbons (Fsp3) is 0.700. The van der Waals surface area contributed by atoms with E-state index < -0.39 is 0 Å². The van der Waals surface area contributed by atoms with Crippen molar-refractivity contribution in [3.63, 3.8) is 0 Å². The fourth-order valence-corrected chi connectivity index (χ4v) is 1.87. The van der Waals surface area contributed by atoms with Gasteiger partial charge in [-0.2, -0.15) is 0 Å². The highest BCUT2D eigenvalue weighted by molar-refractivity contribution is 5.87. The summed E-state index contributed by atoms with van der Waals surface area (Å²) >= 11 is 0. The predicted molar refractivity (Wildman–Crippen MR) is 53.2 cm³/mol. The van der Waals surface area contributed by atoms with Crippen molar-refractivity contribution in [2.75, 3.05) is 13.1 Å². The van der Waals surface area contributed by atoms with Crippen molar-refractivity contribution in [3.8, 4) is 0 Å². The third kappa shape index (κ3) is 2.31. The van der Waals surface area contributed by atoms with Crippen LogP contribution in [-0.2, 0) is 4.79 Å². The Morgan fingerprint density at radius 1 is 1.77 bits per heavy atom. The van der Waals surface area contributed by atoms with Crippen LogP contribution in [0.25, 0.3) is 0 Å². The number of nitrogens with two attached hydrogens (primary N) is 1. The summed E-state index contributed by atoms with van der Waals surface area (Å²) in [7, 11) is 0. The van der Waals surface area contributed by atoms with Crippen molar-refractivity contribution in [1.82, 2.24) is 4.90 Å². The maximum absolute atomic E-state index is 11.3. The molecule has 1 fully saturated rings. The molecule has 3 nitrogen and oxygen atoms in total. The summed E-state index contributed by atoms with van der Waals surface area (Å²) in [6.07, 6.45) is 3.49. The molecule has 2 unspecified atom stereocenters. The molecule has 1 aliphatic heterocycles. The predicted octanol–water partition coefficient (Wildman–Crippen LogP) is 0.758. The second kappa shape index (κ2) is 4.42. The Hall–Kier alpha value is -0.830. The van der Waals surface area contributed by atoms with Crippen LogP contribution in [0.4, 0.5) is 0 Å². The Kier molecular flexibility index (Phi) is 3.48. The molecule has 0 aromatic heterocycles. The van der Waals surface area contributed by atoms with Crippen LogP contribution in [0.5, 0.6) is 0 Å². The topological polar surface area (TPSA) is 46.3 Å². The summed E-state index contributed by atoms with van der Waals surface area (Å²) in [6.45, 7) is 7.13. The standard InChI is InChI=1S/C10H18N2O/c1-3-8-5-6-12(7-9(8)11)10(13)4-2/h4,8-9H,2-3,5-7,11H2,1H3. The lowest BCUT2D eigenvalue weighted by Gasteiger charge is -2.35. The lowest BCUT2D eigenvalue weighted by molar-refractivity contribution is -0.127. The molecule has 2 N–H and O–H groups in total. The van der Waals surface area contributed by atoms with Crippen molar-refractivity contribution >= 4 is 5.91 Å². The molecule has 1 rings (SSSR count). The van der Waals surface area contributed by atoms with Crippen LogP contribution in [0.2, 0.25) is 0 Å². The van der Waals surface area contributed by atoms with E-state index in [1.807, 2.05) is 0 Å². The Morgan fingerprint density at radius 2 is 2.46 bits per heavy atom. The Morgan fingerprint density at radius 3 is 2.92 bits per heavy atom. The van der Waals surface area contributed by atoms with Gasteiger partial charge in [-0.15, -0.1) is 0 Å². The van der Waals surface area contributed by atoms with Crippen molar-refractivity contribution in [2.45, 2.75) is 25.8 Å². The number of amides is 1. The van der Waals surface area contributed by atoms with Gasteiger partial charge in [0.15, 0.2) is 0 Å². The number of likely N-dealkylation sites (tertiary alicyclic amines) is 1. The molecule has 0 aliphatic carbocycles. The first-order valence-corrected chi connectivity index (χ1v) is 4.86. The van der Waals surface area contributed by atoms with Crippen LogP contribution >= 0.6 is 0 Å². The summed E-state index contributed by atoms with van der Waals surface area (Å²) in [5.74, 6) is 0.582. The average Bonchev–Trinajstić information content (AvgIpc) is 2.16. The minimum absolute atomic E-state index is 0.00463. The number of carbonyl (C=O) groups is 1. The van der Waals surface area contributed by atoms with Gasteiger partial charge in [0.2, 0.25) is 5.91 Å². The van der Waals surface area contributed by atoms with Crippen LogP contribution in [0.3, 0.4) is 0 Å². The van der Waals surface area contributed by atoms with E-state index in [0.29, 0.717) is 12.5 Å². The van der Waals surface area contributed by atoms with Crippen molar-refractivity contribution in [1.29, 1.82) is 0 Å². The van der Waals surface area contributed by atoms with Crippen LogP contribution < -0.4 is 5.73 Å². The van der Waals surface area contributed by atoms with E-state index >= 15 is 0 Å². The molecule has 0 aromatic rings. The third-order valence-corrected chi connectivity index (χ3v) is 2.82. The first kappa shape index (κ1) is 10.3. The van der Waals surface area contributed by atoms with Crippen LogP contribution in [0.15, 0.2) is 12.7 Å². The number of piperidine rings is 1. The van der Waals surface area contributed by atoms with Crippen molar-refractivity contribution in [2.24, 2.45) is 11.7 Å². The van der Waals surface area contributed by atoms with E-state index in [0.717, 1.165) is 19.4 Å². The van der Waals surface area contributed by atoms with Crippen LogP contribution in [0, 0.1) is 5.92 Å². The Balaban J connectivity index is 2.50. The van der Waals surface area contributed by atoms with E-state index in [1.165, 1.54) is 6.08 Å². The second-order valence-corrected chi connectivity index (χ2v) is 3.61. The van der Waals surface area contributed by atoms with Gasteiger partial charge in [-0.05, 0) is 18.4 Å². The maximum Gasteiger partial charge on any atom is 0.246 e. The van der Waals surface area contributed by atoms with Gasteiger partial charge in [-0.1, -0.05) is 19.9 Å². The number of hydrogen-bond donors (Lipinski definition) is 1. The summed E-state index contributed by atoms with van der Waals surface area (Å²) in [4.78, 5) is 13.0. The third-order valence-electron chi connectivity index (χ3n) is 2.82. The number of hydrogen-bond acceptors (Lipinski definition) is 2. The number of rotatable bonds is 2. The SMILES string of the molecule is C=CC(=O)N1CCC(CC)C(N)C1. The zero-order chi connectivity index (χ0) is 9.84. The smallest absolute Gasteiger partial charge is 0.246 e. The van der Waals surface area contributed by atoms with Gasteiger partial charge >= 0.3 is 0 Å². The highest BCUT2D eigenvalue weighted by atomic mass is 16.2. The average molecular weight is 182 g/mol. The summed E-state index contributed by atoms with van der Waals surface area (Å²) in [5.41, 5.74) is 5.94. The fourth-order valence-electron chi connectivity index (χ4n) is 1.87. The van der Waals surface area contributed by atoms with Crippen molar-refractivity contribution < 1.29 is 4.79 Å². The zero-order valence-electron chi connectivity index (χ0n) is 8.20. The van der Waals surface area contributed by atoms with Gasteiger partial charge in [0, 0.05) is 19.1 Å². The molecule has 1 amide bonds. The molecule has 74 valence electrons. The largest absolute Gasteiger partial charge is 0.338 e. The molecule has 0 radical (unpaired) electrons. The highest BCUT2D eigenvalue weighted by Crippen LogP contribution is 2.19. The Bertz CT molecular complexity index is 203. The Labute approximate surface area is 79.6 Å². The molecule has 2 atom stereocenters. The van der Waals surface area contributed by atoms with Crippen LogP contribution in [0.1, 0.15) is 19.8 Å². The lowest BCUT2D eigenvalue weighted by atomic mass is 9.90. The number of carbonyl (C=O) groups excluding carboxylic acids is 1. The van der Waals surface area contributed by atoms with Gasteiger partial charge in [-0.3, -0.25) is 4.79 Å². The van der Waals surface area contributed by atoms with E-state index in [9.17, 15) is 4.79 Å². The van der Waals surface area contributed by atoms with E-state index in [1.54, 1.807) is 4.90 Å². The molecule has 1 aliphatic rings. The normalized spacial score (nSPS) is 28.6. The first-order chi connectivity index (χ1) is 6.19. The molecule has 0 bridgehead atoms. The maximum atomic E-state index is 11.3. The minimum atomic E-state index is 0.00463. The molecule has 13 heavy (non-hydrogen) atoms. The van der Waals surface area contributed by atoms with Gasteiger partial charge in [0.25, 0.3) is 0 Å². The molecule has 1 saturated heterocycles. The van der Waals surface area contributed by atoms with Gasteiger partial charge in [0.1, 0.15) is 0 Å². The summed E-state index contributed by atoms with van der Waals surface area (Å²) < 4.78 is 0. The molecular weight excluding hydrogens is 164 g/mol. The monoisotopic (exact) mass is 182 g/mol. The molecule has 0 saturated carbocycles. The lowest BCUT2D eigenvalue weighted by Crippen LogP contribution is -2.49. The number of nitrogens with zero attached hydrogens (tertiary/aromatic N) is 1. The molecule has 0 spiro atoms. The minimum Gasteiger partial charge on any atom is -0.338 e. The van der Waals surface area contributed by atoms with E-state index in [4.69, 9.17) is 5.73 Å². The first-order valence-electron chi connectivity index (χ1n) is 4.86. The highest BCUT2D eigenvalue weighted by Gasteiger charge is 2.26. The van der Waals surface area contributed by atoms with Crippen molar-refractivity contribution in [3.05, 3.63) is 12.7 Å². The molecule has 0 aromatic carbocycles. The van der Waals surface area contributed by atoms with Crippen LogP contribution in [-0.4, -0.2) is 29.9 Å². The molecule has 1 heterocycles. The van der Waals surface area contributed by atoms with Gasteiger partial charge in [-0.25, -0.2) is 0 Å². The second-order valence-electron chi connectivity index (χ2n) is 3.61. The van der Waals surface area contributed by atoms with Gasteiger partial charge < -0.3 is 10.6 Å². The van der Waals surface area contributed by atoms with E-state index in [-0.39, 0.29) is 11.9 Å².